The van der Waals surface area contributed by atoms with Crippen molar-refractivity contribution in [3.63, 3.8) is 0 Å². The van der Waals surface area contributed by atoms with Crippen molar-refractivity contribution in [2.45, 2.75) is 23.6 Å². The molecule has 2 fully saturated rings. The van der Waals surface area contributed by atoms with Gasteiger partial charge in [0.05, 0.1) is 33.5 Å². The van der Waals surface area contributed by atoms with Gasteiger partial charge in [-0.3, -0.25) is 35.7 Å². The summed E-state index contributed by atoms with van der Waals surface area (Å²) in [6.07, 6.45) is 0.796. The van der Waals surface area contributed by atoms with Crippen LogP contribution in [0.5, 0.6) is 0 Å². The molecule has 0 spiro atoms. The second-order valence-electron chi connectivity index (χ2n) is 8.18. The number of nitro benzene ring substituents is 2. The van der Waals surface area contributed by atoms with Crippen LogP contribution in [0.2, 0.25) is 5.02 Å². The minimum Gasteiger partial charge on any atom is -0.466 e. The lowest BCUT2D eigenvalue weighted by atomic mass is 10.0. The number of halogens is 1. The lowest BCUT2D eigenvalue weighted by Crippen LogP contribution is -2.58. The van der Waals surface area contributed by atoms with Crippen molar-refractivity contribution in [2.75, 3.05) is 5.01 Å². The van der Waals surface area contributed by atoms with Crippen molar-refractivity contribution in [3.05, 3.63) is 97.4 Å². The Morgan fingerprint density at radius 3 is 2.53 bits per heavy atom. The molecule has 184 valence electrons. The molecule has 15 heteroatoms. The SMILES string of the molecule is O=[N+]([O-])c1ccc(N2NC3C(SC4=NNC(c5ccco5)NN43)C2c2ccc(Cl)cc2)c([N+](=O)[O-])c1. The number of nitrogens with zero attached hydrogens (tertiary/aromatic N) is 5. The third kappa shape index (κ3) is 3.71. The van der Waals surface area contributed by atoms with Gasteiger partial charge in [-0.2, -0.15) is 5.10 Å². The van der Waals surface area contributed by atoms with Gasteiger partial charge in [0.2, 0.25) is 0 Å². The van der Waals surface area contributed by atoms with Crippen LogP contribution in [-0.2, 0) is 0 Å². The van der Waals surface area contributed by atoms with Gasteiger partial charge < -0.3 is 4.42 Å². The van der Waals surface area contributed by atoms with Crippen molar-refractivity contribution in [1.82, 2.24) is 21.3 Å². The molecule has 4 heterocycles. The van der Waals surface area contributed by atoms with Crippen LogP contribution in [0.3, 0.4) is 0 Å². The van der Waals surface area contributed by atoms with E-state index in [9.17, 15) is 20.2 Å². The average molecular weight is 529 g/mol. The molecule has 1 aromatic heterocycles. The third-order valence-corrected chi connectivity index (χ3v) is 7.66. The Labute approximate surface area is 212 Å². The Bertz CT molecular complexity index is 1370. The van der Waals surface area contributed by atoms with Gasteiger partial charge in [-0.1, -0.05) is 35.5 Å². The number of non-ortho nitro benzene ring substituents is 1. The lowest BCUT2D eigenvalue weighted by Gasteiger charge is -2.34. The number of hydrazone groups is 1. The minimum atomic E-state index is -0.655. The zero-order valence-electron chi connectivity index (χ0n) is 18.1. The summed E-state index contributed by atoms with van der Waals surface area (Å²) in [4.78, 5) is 21.9. The van der Waals surface area contributed by atoms with Crippen molar-refractivity contribution in [1.29, 1.82) is 0 Å². The van der Waals surface area contributed by atoms with Crippen LogP contribution in [0.1, 0.15) is 23.5 Å². The van der Waals surface area contributed by atoms with E-state index in [2.05, 4.69) is 21.4 Å². The molecule has 6 rings (SSSR count). The Hall–Kier alpha value is -3.85. The molecule has 0 saturated carbocycles. The quantitative estimate of drug-likeness (QED) is 0.328. The van der Waals surface area contributed by atoms with E-state index >= 15 is 0 Å². The first kappa shape index (κ1) is 22.6. The molecule has 0 radical (unpaired) electrons. The molecule has 3 aliphatic heterocycles. The van der Waals surface area contributed by atoms with Gasteiger partial charge in [-0.05, 0) is 35.9 Å². The third-order valence-electron chi connectivity index (χ3n) is 6.12. The number of thioether (sulfide) groups is 1. The van der Waals surface area contributed by atoms with Crippen molar-refractivity contribution < 1.29 is 14.3 Å². The van der Waals surface area contributed by atoms with Gasteiger partial charge >= 0.3 is 5.69 Å². The number of nitrogens with one attached hydrogen (secondary N) is 3. The number of furan rings is 1. The first-order chi connectivity index (χ1) is 17.4. The summed E-state index contributed by atoms with van der Waals surface area (Å²) in [7, 11) is 0. The first-order valence-electron chi connectivity index (χ1n) is 10.7. The van der Waals surface area contributed by atoms with E-state index in [1.165, 1.54) is 23.9 Å². The molecule has 2 saturated heterocycles. The number of rotatable bonds is 5. The molecule has 3 N–H and O–H groups in total. The van der Waals surface area contributed by atoms with Crippen molar-refractivity contribution >= 4 is 45.6 Å². The van der Waals surface area contributed by atoms with Gasteiger partial charge in [0.1, 0.15) is 17.6 Å². The highest BCUT2D eigenvalue weighted by atomic mass is 35.5. The number of nitro groups is 2. The van der Waals surface area contributed by atoms with Gasteiger partial charge in [-0.25, -0.2) is 10.9 Å². The molecular formula is C21H17ClN8O5S. The predicted molar refractivity (Wildman–Crippen MR) is 132 cm³/mol. The summed E-state index contributed by atoms with van der Waals surface area (Å²) < 4.78 is 5.50. The van der Waals surface area contributed by atoms with E-state index in [-0.39, 0.29) is 28.5 Å². The average Bonchev–Trinajstić information content (AvgIpc) is 3.60. The largest absolute Gasteiger partial charge is 0.466 e. The van der Waals surface area contributed by atoms with Gasteiger partial charge in [-0.15, -0.1) is 0 Å². The zero-order valence-corrected chi connectivity index (χ0v) is 19.7. The highest BCUT2D eigenvalue weighted by molar-refractivity contribution is 8.14. The molecule has 4 atom stereocenters. The molecule has 0 aliphatic carbocycles. The van der Waals surface area contributed by atoms with Crippen LogP contribution in [0, 0.1) is 20.2 Å². The topological polar surface area (TPSA) is 154 Å². The number of fused-ring (bicyclic) bond motifs is 3. The van der Waals surface area contributed by atoms with Gasteiger partial charge in [0, 0.05) is 11.1 Å². The molecule has 13 nitrogen and oxygen atoms in total. The molecular weight excluding hydrogens is 512 g/mol. The molecule has 3 aromatic rings. The molecule has 4 unspecified atom stereocenters. The van der Waals surface area contributed by atoms with Crippen LogP contribution in [0.4, 0.5) is 17.1 Å². The summed E-state index contributed by atoms with van der Waals surface area (Å²) in [6, 6.07) is 14.0. The number of anilines is 1. The highest BCUT2D eigenvalue weighted by Crippen LogP contribution is 2.49. The maximum absolute atomic E-state index is 11.9. The molecule has 3 aliphatic rings. The zero-order chi connectivity index (χ0) is 25.0. The summed E-state index contributed by atoms with van der Waals surface area (Å²) in [6.45, 7) is 0. The molecule has 2 aromatic carbocycles. The number of hydrogen-bond acceptors (Lipinski definition) is 12. The normalized spacial score (nSPS) is 24.6. The van der Waals surface area contributed by atoms with Crippen LogP contribution >= 0.6 is 23.4 Å². The Morgan fingerprint density at radius 1 is 1.03 bits per heavy atom. The van der Waals surface area contributed by atoms with E-state index in [0.717, 1.165) is 11.6 Å². The fraction of sp³-hybridized carbons (Fsp3) is 0.190. The lowest BCUT2D eigenvalue weighted by molar-refractivity contribution is -0.393. The number of hydrazine groups is 2. The van der Waals surface area contributed by atoms with Gasteiger partial charge in [0.25, 0.3) is 5.69 Å². The molecule has 0 amide bonds. The summed E-state index contributed by atoms with van der Waals surface area (Å²) >= 11 is 7.62. The number of amidine groups is 1. The Kier molecular flexibility index (Phi) is 5.44. The van der Waals surface area contributed by atoms with E-state index < -0.39 is 22.1 Å². The maximum Gasteiger partial charge on any atom is 0.300 e. The van der Waals surface area contributed by atoms with Crippen LogP contribution in [0.25, 0.3) is 0 Å². The monoisotopic (exact) mass is 528 g/mol. The molecule has 36 heavy (non-hydrogen) atoms. The second-order valence-corrected chi connectivity index (χ2v) is 9.76. The summed E-state index contributed by atoms with van der Waals surface area (Å²) in [5.74, 6) is 0.640. The van der Waals surface area contributed by atoms with Crippen LogP contribution < -0.4 is 21.3 Å². The molecule has 0 bridgehead atoms. The van der Waals surface area contributed by atoms with E-state index in [1.54, 1.807) is 29.5 Å². The first-order valence-corrected chi connectivity index (χ1v) is 12.0. The van der Waals surface area contributed by atoms with Gasteiger partial charge in [0.15, 0.2) is 11.3 Å². The summed E-state index contributed by atoms with van der Waals surface area (Å²) in [5.41, 5.74) is 10.1. The van der Waals surface area contributed by atoms with Crippen molar-refractivity contribution in [2.24, 2.45) is 5.10 Å². The van der Waals surface area contributed by atoms with E-state index in [4.69, 9.17) is 16.0 Å². The summed E-state index contributed by atoms with van der Waals surface area (Å²) in [5, 5.41) is 32.3. The van der Waals surface area contributed by atoms with Crippen molar-refractivity contribution in [3.8, 4) is 0 Å². The fourth-order valence-electron chi connectivity index (χ4n) is 4.53. The standard InChI is InChI=1S/C21H17ClN8O5S/c22-12-5-3-11(4-6-12)17-18-20(28-21(36-18)24-23-19(25-28)16-2-1-9-35-16)26-27(17)14-8-7-13(29(31)32)10-15(14)30(33)34/h1-10,17-20,23,25-26H. The minimum absolute atomic E-state index is 0.163. The van der Waals surface area contributed by atoms with Crippen LogP contribution in [0.15, 0.2) is 70.4 Å². The Balaban J connectivity index is 1.41. The van der Waals surface area contributed by atoms with E-state index in [0.29, 0.717) is 16.0 Å². The highest BCUT2D eigenvalue weighted by Gasteiger charge is 2.54. The second kappa shape index (κ2) is 8.67. The number of hydrogen-bond donors (Lipinski definition) is 3. The smallest absolute Gasteiger partial charge is 0.300 e. The fourth-order valence-corrected chi connectivity index (χ4v) is 6.00. The number of benzene rings is 2. The predicted octanol–water partition coefficient (Wildman–Crippen LogP) is 3.64. The van der Waals surface area contributed by atoms with Crippen LogP contribution in [-0.4, -0.2) is 31.4 Å². The maximum atomic E-state index is 11.9. The van der Waals surface area contributed by atoms with E-state index in [1.807, 2.05) is 23.2 Å². The Morgan fingerprint density at radius 2 is 1.83 bits per heavy atom.